The minimum atomic E-state index is 0.267. The molecule has 0 heterocycles. The Morgan fingerprint density at radius 2 is 1.89 bits per heavy atom. The molecule has 2 N–H and O–H groups in total. The number of hydrogen-bond acceptors (Lipinski definition) is 1. The maximum atomic E-state index is 6.10. The van der Waals surface area contributed by atoms with Crippen molar-refractivity contribution in [3.63, 3.8) is 0 Å². The molecule has 19 heavy (non-hydrogen) atoms. The fourth-order valence-corrected chi connectivity index (χ4v) is 3.55. The third kappa shape index (κ3) is 3.65. The molecular formula is C16H23Cl2N. The summed E-state index contributed by atoms with van der Waals surface area (Å²) in [6, 6.07) is 5.96. The zero-order chi connectivity index (χ0) is 13.9. The molecule has 0 atom stereocenters. The standard InChI is InChI=1S/C16H23Cl2N/c1-2-12-5-7-16(11-19,8-6-12)10-13-3-4-14(17)15(18)9-13/h3-4,9,12H,2,5-8,10-11,19H2,1H3. The minimum Gasteiger partial charge on any atom is -0.330 e. The van der Waals surface area contributed by atoms with E-state index in [4.69, 9.17) is 28.9 Å². The first-order chi connectivity index (χ1) is 9.08. The number of hydrogen-bond donors (Lipinski definition) is 1. The van der Waals surface area contributed by atoms with E-state index in [9.17, 15) is 0 Å². The van der Waals surface area contributed by atoms with Crippen LogP contribution in [-0.2, 0) is 6.42 Å². The van der Waals surface area contributed by atoms with Crippen LogP contribution in [0.4, 0.5) is 0 Å². The molecule has 3 heteroatoms. The molecule has 0 spiro atoms. The van der Waals surface area contributed by atoms with Crippen molar-refractivity contribution in [2.45, 2.75) is 45.4 Å². The van der Waals surface area contributed by atoms with Gasteiger partial charge in [0.1, 0.15) is 0 Å². The van der Waals surface area contributed by atoms with Crippen molar-refractivity contribution in [1.29, 1.82) is 0 Å². The number of nitrogens with two attached hydrogens (primary N) is 1. The van der Waals surface area contributed by atoms with Gasteiger partial charge in [-0.25, -0.2) is 0 Å². The molecule has 0 bridgehead atoms. The van der Waals surface area contributed by atoms with Crippen molar-refractivity contribution in [3.05, 3.63) is 33.8 Å². The molecule has 0 saturated heterocycles. The topological polar surface area (TPSA) is 26.0 Å². The van der Waals surface area contributed by atoms with Gasteiger partial charge in [-0.3, -0.25) is 0 Å². The smallest absolute Gasteiger partial charge is 0.0595 e. The zero-order valence-electron chi connectivity index (χ0n) is 11.6. The Morgan fingerprint density at radius 1 is 1.21 bits per heavy atom. The second-order valence-corrected chi connectivity index (χ2v) is 6.80. The summed E-state index contributed by atoms with van der Waals surface area (Å²) in [5.41, 5.74) is 7.61. The first-order valence-electron chi connectivity index (χ1n) is 7.22. The Morgan fingerprint density at radius 3 is 2.42 bits per heavy atom. The number of benzene rings is 1. The van der Waals surface area contributed by atoms with Gasteiger partial charge in [0.05, 0.1) is 10.0 Å². The van der Waals surface area contributed by atoms with Crippen LogP contribution in [0, 0.1) is 11.3 Å². The number of halogens is 2. The fraction of sp³-hybridized carbons (Fsp3) is 0.625. The van der Waals surface area contributed by atoms with Gasteiger partial charge >= 0.3 is 0 Å². The summed E-state index contributed by atoms with van der Waals surface area (Å²) in [4.78, 5) is 0. The van der Waals surface area contributed by atoms with Crippen molar-refractivity contribution in [1.82, 2.24) is 0 Å². The van der Waals surface area contributed by atoms with E-state index in [1.165, 1.54) is 37.7 Å². The lowest BCUT2D eigenvalue weighted by Gasteiger charge is -2.39. The van der Waals surface area contributed by atoms with E-state index in [0.29, 0.717) is 10.0 Å². The van der Waals surface area contributed by atoms with Crippen molar-refractivity contribution >= 4 is 23.2 Å². The molecule has 0 unspecified atom stereocenters. The maximum Gasteiger partial charge on any atom is 0.0595 e. The maximum absolute atomic E-state index is 6.10. The molecule has 1 aromatic rings. The van der Waals surface area contributed by atoms with E-state index in [0.717, 1.165) is 18.9 Å². The summed E-state index contributed by atoms with van der Waals surface area (Å²) in [6.07, 6.45) is 7.43. The average Bonchev–Trinajstić information content (AvgIpc) is 2.44. The molecule has 0 amide bonds. The van der Waals surface area contributed by atoms with Gasteiger partial charge in [0, 0.05) is 0 Å². The molecule has 106 valence electrons. The molecule has 0 radical (unpaired) electrons. The van der Waals surface area contributed by atoms with Crippen molar-refractivity contribution in [2.24, 2.45) is 17.1 Å². The summed E-state index contributed by atoms with van der Waals surface area (Å²) in [5.74, 6) is 0.897. The highest BCUT2D eigenvalue weighted by molar-refractivity contribution is 6.42. The predicted molar refractivity (Wildman–Crippen MR) is 83.9 cm³/mol. The lowest BCUT2D eigenvalue weighted by atomic mass is 9.67. The van der Waals surface area contributed by atoms with Gasteiger partial charge < -0.3 is 5.73 Å². The van der Waals surface area contributed by atoms with E-state index in [1.54, 1.807) is 0 Å². The Balaban J connectivity index is 2.08. The summed E-state index contributed by atoms with van der Waals surface area (Å²) in [7, 11) is 0. The molecule has 2 rings (SSSR count). The highest BCUT2D eigenvalue weighted by Crippen LogP contribution is 2.42. The lowest BCUT2D eigenvalue weighted by molar-refractivity contribution is 0.153. The van der Waals surface area contributed by atoms with Crippen LogP contribution in [0.25, 0.3) is 0 Å². The molecule has 0 aromatic heterocycles. The Hall–Kier alpha value is -0.240. The van der Waals surface area contributed by atoms with E-state index in [1.807, 2.05) is 12.1 Å². The Bertz CT molecular complexity index is 423. The molecule has 0 aliphatic heterocycles. The lowest BCUT2D eigenvalue weighted by Crippen LogP contribution is -2.36. The van der Waals surface area contributed by atoms with Gasteiger partial charge in [-0.2, -0.15) is 0 Å². The van der Waals surface area contributed by atoms with E-state index >= 15 is 0 Å². The van der Waals surface area contributed by atoms with Crippen LogP contribution in [0.15, 0.2) is 18.2 Å². The summed E-state index contributed by atoms with van der Waals surface area (Å²) < 4.78 is 0. The molecule has 1 fully saturated rings. The van der Waals surface area contributed by atoms with Gasteiger partial charge in [0.2, 0.25) is 0 Å². The minimum absolute atomic E-state index is 0.267. The van der Waals surface area contributed by atoms with Gasteiger partial charge in [-0.15, -0.1) is 0 Å². The summed E-state index contributed by atoms with van der Waals surface area (Å²) in [6.45, 7) is 3.06. The first-order valence-corrected chi connectivity index (χ1v) is 7.98. The zero-order valence-corrected chi connectivity index (χ0v) is 13.1. The monoisotopic (exact) mass is 299 g/mol. The van der Waals surface area contributed by atoms with Crippen LogP contribution >= 0.6 is 23.2 Å². The van der Waals surface area contributed by atoms with Crippen molar-refractivity contribution in [3.8, 4) is 0 Å². The third-order valence-corrected chi connectivity index (χ3v) is 5.48. The van der Waals surface area contributed by atoms with Crippen LogP contribution < -0.4 is 5.73 Å². The molecular weight excluding hydrogens is 277 g/mol. The van der Waals surface area contributed by atoms with E-state index < -0.39 is 0 Å². The van der Waals surface area contributed by atoms with Gasteiger partial charge in [-0.1, -0.05) is 42.6 Å². The average molecular weight is 300 g/mol. The van der Waals surface area contributed by atoms with Gasteiger partial charge in [0.15, 0.2) is 0 Å². The first kappa shape index (κ1) is 15.2. The van der Waals surface area contributed by atoms with Gasteiger partial charge in [0.25, 0.3) is 0 Å². The highest BCUT2D eigenvalue weighted by Gasteiger charge is 2.33. The SMILES string of the molecule is CCC1CCC(CN)(Cc2ccc(Cl)c(Cl)c2)CC1. The van der Waals surface area contributed by atoms with Crippen LogP contribution in [0.5, 0.6) is 0 Å². The summed E-state index contributed by atoms with van der Waals surface area (Å²) >= 11 is 12.1. The third-order valence-electron chi connectivity index (χ3n) is 4.74. The largest absolute Gasteiger partial charge is 0.330 e. The van der Waals surface area contributed by atoms with E-state index in [2.05, 4.69) is 13.0 Å². The van der Waals surface area contributed by atoms with Crippen molar-refractivity contribution < 1.29 is 0 Å². The highest BCUT2D eigenvalue weighted by atomic mass is 35.5. The normalized spacial score (nSPS) is 27.5. The van der Waals surface area contributed by atoms with Crippen LogP contribution in [-0.4, -0.2) is 6.54 Å². The fourth-order valence-electron chi connectivity index (χ4n) is 3.23. The molecule has 1 aromatic carbocycles. The second kappa shape index (κ2) is 6.47. The summed E-state index contributed by atoms with van der Waals surface area (Å²) in [5, 5.41) is 1.27. The molecule has 1 aliphatic rings. The van der Waals surface area contributed by atoms with Crippen LogP contribution in [0.3, 0.4) is 0 Å². The Labute approximate surface area is 126 Å². The Kier molecular flexibility index (Phi) is 5.16. The quantitative estimate of drug-likeness (QED) is 0.824. The molecule has 1 saturated carbocycles. The number of rotatable bonds is 4. The van der Waals surface area contributed by atoms with Crippen LogP contribution in [0.1, 0.15) is 44.6 Å². The molecule has 1 nitrogen and oxygen atoms in total. The second-order valence-electron chi connectivity index (χ2n) is 5.98. The van der Waals surface area contributed by atoms with Gasteiger partial charge in [-0.05, 0) is 67.7 Å². The van der Waals surface area contributed by atoms with E-state index in [-0.39, 0.29) is 5.41 Å². The predicted octanol–water partition coefficient (Wildman–Crippen LogP) is 5.08. The molecule has 1 aliphatic carbocycles. The van der Waals surface area contributed by atoms with Crippen molar-refractivity contribution in [2.75, 3.05) is 6.54 Å². The van der Waals surface area contributed by atoms with Crippen LogP contribution in [0.2, 0.25) is 10.0 Å².